The third-order valence-electron chi connectivity index (χ3n) is 5.32. The molecular weight excluding hydrogens is 435 g/mol. The summed E-state index contributed by atoms with van der Waals surface area (Å²) in [4.78, 5) is 26.6. The third kappa shape index (κ3) is 4.14. The van der Waals surface area contributed by atoms with Crippen molar-refractivity contribution in [2.45, 2.75) is 19.5 Å². The van der Waals surface area contributed by atoms with Gasteiger partial charge in [0.25, 0.3) is 5.56 Å². The van der Waals surface area contributed by atoms with Gasteiger partial charge in [0, 0.05) is 48.1 Å². The van der Waals surface area contributed by atoms with Gasteiger partial charge in [0.1, 0.15) is 17.3 Å². The first-order valence-electron chi connectivity index (χ1n) is 9.86. The van der Waals surface area contributed by atoms with Crippen LogP contribution < -0.4 is 5.56 Å². The van der Waals surface area contributed by atoms with Crippen LogP contribution in [0.4, 0.5) is 0 Å². The number of pyridine rings is 1. The molecule has 156 valence electrons. The lowest BCUT2D eigenvalue weighted by Crippen LogP contribution is -2.35. The van der Waals surface area contributed by atoms with Crippen molar-refractivity contribution in [2.24, 2.45) is 0 Å². The minimum atomic E-state index is -0.110. The predicted octanol–water partition coefficient (Wildman–Crippen LogP) is 4.96. The SMILES string of the molecule is O=c1[nH]c(-c2cccnc2)nc2c1CN(Cc1ccc(-c3ccc(Cl)cc3Cl)o1)CC2. The monoisotopic (exact) mass is 452 g/mol. The van der Waals surface area contributed by atoms with E-state index in [1.54, 1.807) is 24.5 Å². The minimum absolute atomic E-state index is 0.110. The van der Waals surface area contributed by atoms with Gasteiger partial charge in [0.15, 0.2) is 0 Å². The first kappa shape index (κ1) is 20.0. The Bertz CT molecular complexity index is 1300. The standard InChI is InChI=1S/C23H18Cl2N4O2/c24-15-3-5-17(19(25)10-15)21-6-4-16(31-21)12-29-9-7-20-18(13-29)23(30)28-22(27-20)14-2-1-8-26-11-14/h1-6,8,10-11H,7,9,12-13H2,(H,27,28,30). The Morgan fingerprint density at radius 2 is 2.06 bits per heavy atom. The Morgan fingerprint density at radius 1 is 1.16 bits per heavy atom. The number of furan rings is 1. The molecule has 1 aliphatic heterocycles. The zero-order valence-electron chi connectivity index (χ0n) is 16.4. The lowest BCUT2D eigenvalue weighted by atomic mass is 10.1. The molecule has 4 heterocycles. The van der Waals surface area contributed by atoms with Crippen molar-refractivity contribution in [3.05, 3.63) is 92.3 Å². The highest BCUT2D eigenvalue weighted by atomic mass is 35.5. The molecule has 0 saturated carbocycles. The number of halogens is 2. The number of hydrogen-bond acceptors (Lipinski definition) is 5. The average molecular weight is 453 g/mol. The van der Waals surface area contributed by atoms with Crippen LogP contribution in [0, 0.1) is 0 Å². The molecule has 0 atom stereocenters. The average Bonchev–Trinajstić information content (AvgIpc) is 3.22. The summed E-state index contributed by atoms with van der Waals surface area (Å²) in [7, 11) is 0. The molecule has 0 aliphatic carbocycles. The maximum Gasteiger partial charge on any atom is 0.255 e. The van der Waals surface area contributed by atoms with Crippen LogP contribution in [0.1, 0.15) is 17.0 Å². The maximum atomic E-state index is 12.7. The molecule has 1 aliphatic rings. The van der Waals surface area contributed by atoms with Gasteiger partial charge in [-0.3, -0.25) is 14.7 Å². The van der Waals surface area contributed by atoms with Crippen molar-refractivity contribution >= 4 is 23.2 Å². The van der Waals surface area contributed by atoms with Gasteiger partial charge in [0.05, 0.1) is 22.8 Å². The molecule has 4 aromatic rings. The Morgan fingerprint density at radius 3 is 2.87 bits per heavy atom. The summed E-state index contributed by atoms with van der Waals surface area (Å²) >= 11 is 12.3. The van der Waals surface area contributed by atoms with E-state index in [9.17, 15) is 4.79 Å². The molecule has 1 N–H and O–H groups in total. The summed E-state index contributed by atoms with van der Waals surface area (Å²) in [5, 5.41) is 1.13. The molecule has 0 spiro atoms. The molecule has 0 fully saturated rings. The van der Waals surface area contributed by atoms with Gasteiger partial charge in [-0.15, -0.1) is 0 Å². The van der Waals surface area contributed by atoms with Gasteiger partial charge in [-0.25, -0.2) is 4.98 Å². The molecule has 0 saturated heterocycles. The van der Waals surface area contributed by atoms with Crippen molar-refractivity contribution in [1.82, 2.24) is 19.9 Å². The van der Waals surface area contributed by atoms with E-state index in [0.717, 1.165) is 29.1 Å². The van der Waals surface area contributed by atoms with E-state index in [0.29, 0.717) is 46.7 Å². The second-order valence-electron chi connectivity index (χ2n) is 7.43. The first-order chi connectivity index (χ1) is 15.1. The highest BCUT2D eigenvalue weighted by molar-refractivity contribution is 6.36. The van der Waals surface area contributed by atoms with Crippen LogP contribution in [0.5, 0.6) is 0 Å². The Balaban J connectivity index is 1.34. The summed E-state index contributed by atoms with van der Waals surface area (Å²) in [6, 6.07) is 12.9. The third-order valence-corrected chi connectivity index (χ3v) is 5.87. The zero-order chi connectivity index (χ0) is 21.4. The second kappa shape index (κ2) is 8.30. The molecule has 8 heteroatoms. The normalized spacial score (nSPS) is 13.9. The van der Waals surface area contributed by atoms with E-state index >= 15 is 0 Å². The van der Waals surface area contributed by atoms with Crippen molar-refractivity contribution in [3.63, 3.8) is 0 Å². The number of rotatable bonds is 4. The van der Waals surface area contributed by atoms with Gasteiger partial charge in [0.2, 0.25) is 0 Å². The van der Waals surface area contributed by atoms with Crippen LogP contribution in [-0.2, 0) is 19.5 Å². The van der Waals surface area contributed by atoms with Crippen LogP contribution in [0.25, 0.3) is 22.7 Å². The molecule has 0 amide bonds. The van der Waals surface area contributed by atoms with E-state index in [4.69, 9.17) is 27.6 Å². The van der Waals surface area contributed by atoms with Gasteiger partial charge in [-0.05, 0) is 42.5 Å². The minimum Gasteiger partial charge on any atom is -0.460 e. The van der Waals surface area contributed by atoms with Crippen molar-refractivity contribution in [1.29, 1.82) is 0 Å². The van der Waals surface area contributed by atoms with E-state index in [-0.39, 0.29) is 5.56 Å². The number of hydrogen-bond donors (Lipinski definition) is 1. The molecule has 3 aromatic heterocycles. The summed E-state index contributed by atoms with van der Waals surface area (Å²) in [6.45, 7) is 1.89. The number of H-pyrrole nitrogens is 1. The first-order valence-corrected chi connectivity index (χ1v) is 10.6. The van der Waals surface area contributed by atoms with Crippen LogP contribution in [-0.4, -0.2) is 26.4 Å². The van der Waals surface area contributed by atoms with Crippen LogP contribution in [0.2, 0.25) is 10.0 Å². The molecule has 0 radical (unpaired) electrons. The van der Waals surface area contributed by atoms with Crippen molar-refractivity contribution in [3.8, 4) is 22.7 Å². The Labute approximate surface area is 188 Å². The van der Waals surface area contributed by atoms with Crippen LogP contribution in [0.3, 0.4) is 0 Å². The Kier molecular flexibility index (Phi) is 5.36. The van der Waals surface area contributed by atoms with Gasteiger partial charge in [-0.2, -0.15) is 0 Å². The fraction of sp³-hybridized carbons (Fsp3) is 0.174. The number of nitrogens with one attached hydrogen (secondary N) is 1. The van der Waals surface area contributed by atoms with E-state index in [1.165, 1.54) is 0 Å². The quantitative estimate of drug-likeness (QED) is 0.473. The molecule has 1 aromatic carbocycles. The number of benzene rings is 1. The number of aromatic amines is 1. The lowest BCUT2D eigenvalue weighted by Gasteiger charge is -2.26. The fourth-order valence-corrected chi connectivity index (χ4v) is 4.27. The predicted molar refractivity (Wildman–Crippen MR) is 120 cm³/mol. The summed E-state index contributed by atoms with van der Waals surface area (Å²) in [5.41, 5.74) is 3.03. The lowest BCUT2D eigenvalue weighted by molar-refractivity contribution is 0.223. The topological polar surface area (TPSA) is 75.0 Å². The highest BCUT2D eigenvalue weighted by Gasteiger charge is 2.22. The molecule has 0 bridgehead atoms. The van der Waals surface area contributed by atoms with Gasteiger partial charge in [-0.1, -0.05) is 23.2 Å². The smallest absolute Gasteiger partial charge is 0.255 e. The van der Waals surface area contributed by atoms with E-state index < -0.39 is 0 Å². The van der Waals surface area contributed by atoms with E-state index in [1.807, 2.05) is 30.3 Å². The molecule has 31 heavy (non-hydrogen) atoms. The molecule has 5 rings (SSSR count). The second-order valence-corrected chi connectivity index (χ2v) is 8.28. The maximum absolute atomic E-state index is 12.7. The fourth-order valence-electron chi connectivity index (χ4n) is 3.77. The molecule has 6 nitrogen and oxygen atoms in total. The highest BCUT2D eigenvalue weighted by Crippen LogP contribution is 2.32. The zero-order valence-corrected chi connectivity index (χ0v) is 18.0. The van der Waals surface area contributed by atoms with Gasteiger partial charge < -0.3 is 9.40 Å². The number of aromatic nitrogens is 3. The largest absolute Gasteiger partial charge is 0.460 e. The summed E-state index contributed by atoms with van der Waals surface area (Å²) in [5.74, 6) is 2.05. The van der Waals surface area contributed by atoms with Gasteiger partial charge >= 0.3 is 0 Å². The number of nitrogens with zero attached hydrogens (tertiary/aromatic N) is 3. The number of fused-ring (bicyclic) bond motifs is 1. The Hall–Kier alpha value is -2.93. The van der Waals surface area contributed by atoms with Crippen LogP contribution in [0.15, 0.2) is 64.1 Å². The van der Waals surface area contributed by atoms with E-state index in [2.05, 4.69) is 19.9 Å². The summed E-state index contributed by atoms with van der Waals surface area (Å²) < 4.78 is 6.01. The van der Waals surface area contributed by atoms with Crippen molar-refractivity contribution < 1.29 is 4.42 Å². The summed E-state index contributed by atoms with van der Waals surface area (Å²) in [6.07, 6.45) is 4.09. The molecular formula is C23H18Cl2N4O2. The molecule has 0 unspecified atom stereocenters. The van der Waals surface area contributed by atoms with Crippen LogP contribution >= 0.6 is 23.2 Å². The van der Waals surface area contributed by atoms with Crippen molar-refractivity contribution in [2.75, 3.05) is 6.54 Å².